The minimum absolute atomic E-state index is 0.307. The number of alkyl halides is 4. The van der Waals surface area contributed by atoms with Crippen molar-refractivity contribution in [3.05, 3.63) is 0 Å². The second kappa shape index (κ2) is 6.30. The first-order valence-corrected chi connectivity index (χ1v) is 5.16. The van der Waals surface area contributed by atoms with Crippen molar-refractivity contribution in [2.45, 2.75) is 51.4 Å². The largest absolute Gasteiger partial charge is 0.369 e. The summed E-state index contributed by atoms with van der Waals surface area (Å²) in [6.07, 6.45) is -0.0396. The maximum atomic E-state index is 12.8. The van der Waals surface area contributed by atoms with Gasteiger partial charge < -0.3 is 4.74 Å². The number of halogens is 4. The molecule has 0 saturated carbocycles. The molecular weight excluding hydrogens is 212 g/mol. The second-order valence-electron chi connectivity index (χ2n) is 3.70. The fourth-order valence-electron chi connectivity index (χ4n) is 1.23. The molecule has 0 rings (SSSR count). The fraction of sp³-hybridized carbons (Fsp3) is 1.00. The third kappa shape index (κ3) is 7.59. The van der Waals surface area contributed by atoms with Crippen LogP contribution >= 0.6 is 0 Å². The maximum Gasteiger partial charge on any atom is 0.270 e. The van der Waals surface area contributed by atoms with Crippen LogP contribution in [-0.4, -0.2) is 25.1 Å². The molecule has 0 radical (unpaired) electrons. The van der Waals surface area contributed by atoms with Gasteiger partial charge in [0.15, 0.2) is 0 Å². The molecule has 0 amide bonds. The van der Waals surface area contributed by atoms with E-state index in [1.54, 1.807) is 13.8 Å². The molecule has 0 aliphatic rings. The monoisotopic (exact) mass is 230 g/mol. The molecule has 0 unspecified atom stereocenters. The highest BCUT2D eigenvalue weighted by molar-refractivity contribution is 4.67. The molecule has 0 spiro atoms. The Morgan fingerprint density at radius 3 is 1.40 bits per heavy atom. The molecule has 0 heterocycles. The van der Waals surface area contributed by atoms with Gasteiger partial charge in [0, 0.05) is 12.8 Å². The Balaban J connectivity index is 3.77. The zero-order chi connectivity index (χ0) is 11.9. The van der Waals surface area contributed by atoms with Crippen molar-refractivity contribution in [3.8, 4) is 0 Å². The third-order valence-corrected chi connectivity index (χ3v) is 1.86. The predicted octanol–water partition coefficient (Wildman–Crippen LogP) is 3.87. The first-order valence-electron chi connectivity index (χ1n) is 5.16. The molecule has 0 saturated heterocycles. The molecule has 0 atom stereocenters. The van der Waals surface area contributed by atoms with E-state index >= 15 is 0 Å². The van der Waals surface area contributed by atoms with Crippen molar-refractivity contribution >= 4 is 0 Å². The average molecular weight is 230 g/mol. The van der Waals surface area contributed by atoms with Gasteiger partial charge in [-0.05, 0) is 0 Å². The zero-order valence-corrected chi connectivity index (χ0v) is 9.16. The smallest absolute Gasteiger partial charge is 0.270 e. The average Bonchev–Trinajstić information content (AvgIpc) is 2.02. The van der Waals surface area contributed by atoms with Gasteiger partial charge in [-0.3, -0.25) is 0 Å². The summed E-state index contributed by atoms with van der Waals surface area (Å²) >= 11 is 0. The summed E-state index contributed by atoms with van der Waals surface area (Å²) in [5.74, 6) is -5.98. The Labute approximate surface area is 87.8 Å². The van der Waals surface area contributed by atoms with Gasteiger partial charge in [0.05, 0.1) is 0 Å². The van der Waals surface area contributed by atoms with Crippen LogP contribution in [0.15, 0.2) is 0 Å². The van der Waals surface area contributed by atoms with Gasteiger partial charge in [-0.25, -0.2) is 17.6 Å². The van der Waals surface area contributed by atoms with Crippen LogP contribution in [0.2, 0.25) is 0 Å². The summed E-state index contributed by atoms with van der Waals surface area (Å²) in [5, 5.41) is 0. The summed E-state index contributed by atoms with van der Waals surface area (Å²) in [5.41, 5.74) is 0. The van der Waals surface area contributed by atoms with Crippen LogP contribution in [0, 0.1) is 0 Å². The Morgan fingerprint density at radius 1 is 0.800 bits per heavy atom. The molecule has 92 valence electrons. The summed E-state index contributed by atoms with van der Waals surface area (Å²) in [6.45, 7) is 1.39. The highest BCUT2D eigenvalue weighted by Crippen LogP contribution is 2.24. The minimum atomic E-state index is -2.99. The molecule has 5 heteroatoms. The summed E-state index contributed by atoms with van der Waals surface area (Å²) in [4.78, 5) is 0. The van der Waals surface area contributed by atoms with Gasteiger partial charge in [0.1, 0.15) is 13.2 Å². The fourth-order valence-corrected chi connectivity index (χ4v) is 1.23. The Hall–Kier alpha value is -0.320. The first kappa shape index (κ1) is 14.7. The topological polar surface area (TPSA) is 9.23 Å². The maximum absolute atomic E-state index is 12.8. The van der Waals surface area contributed by atoms with Crippen molar-refractivity contribution in [3.63, 3.8) is 0 Å². The number of rotatable bonds is 8. The Bertz CT molecular complexity index is 153. The van der Waals surface area contributed by atoms with Crippen LogP contribution < -0.4 is 0 Å². The molecule has 1 nitrogen and oxygen atoms in total. The van der Waals surface area contributed by atoms with Gasteiger partial charge >= 0.3 is 0 Å². The molecule has 0 aliphatic heterocycles. The quantitative estimate of drug-likeness (QED) is 0.575. The molecule has 0 aliphatic carbocycles. The normalized spacial score (nSPS) is 13.2. The molecule has 0 aromatic carbocycles. The molecule has 15 heavy (non-hydrogen) atoms. The van der Waals surface area contributed by atoms with Crippen molar-refractivity contribution in [2.75, 3.05) is 13.2 Å². The third-order valence-electron chi connectivity index (χ3n) is 1.86. The van der Waals surface area contributed by atoms with E-state index in [4.69, 9.17) is 0 Å². The second-order valence-corrected chi connectivity index (χ2v) is 3.70. The molecule has 0 aromatic rings. The lowest BCUT2D eigenvalue weighted by atomic mass is 10.2. The Kier molecular flexibility index (Phi) is 6.17. The van der Waals surface area contributed by atoms with E-state index in [0.717, 1.165) is 0 Å². The van der Waals surface area contributed by atoms with Gasteiger partial charge in [0.25, 0.3) is 11.8 Å². The first-order chi connectivity index (χ1) is 6.83. The van der Waals surface area contributed by atoms with Gasteiger partial charge in [0.2, 0.25) is 0 Å². The van der Waals surface area contributed by atoms with E-state index in [9.17, 15) is 17.6 Å². The Morgan fingerprint density at radius 2 is 1.13 bits per heavy atom. The van der Waals surface area contributed by atoms with Crippen molar-refractivity contribution < 1.29 is 22.3 Å². The van der Waals surface area contributed by atoms with Gasteiger partial charge in [-0.15, -0.1) is 0 Å². The van der Waals surface area contributed by atoms with Crippen molar-refractivity contribution in [1.29, 1.82) is 0 Å². The van der Waals surface area contributed by atoms with E-state index in [-0.39, 0.29) is 12.8 Å². The van der Waals surface area contributed by atoms with Crippen LogP contribution in [0.25, 0.3) is 0 Å². The van der Waals surface area contributed by atoms with Gasteiger partial charge in [-0.2, -0.15) is 0 Å². The van der Waals surface area contributed by atoms with Crippen LogP contribution in [0.3, 0.4) is 0 Å². The lowest BCUT2D eigenvalue weighted by molar-refractivity contribution is -0.133. The minimum Gasteiger partial charge on any atom is -0.369 e. The zero-order valence-electron chi connectivity index (χ0n) is 9.16. The van der Waals surface area contributed by atoms with Crippen LogP contribution in [0.5, 0.6) is 0 Å². The van der Waals surface area contributed by atoms with E-state index in [0.29, 0.717) is 12.8 Å². The predicted molar refractivity (Wildman–Crippen MR) is 50.5 cm³/mol. The highest BCUT2D eigenvalue weighted by atomic mass is 19.3. The molecule has 0 N–H and O–H groups in total. The molecule has 0 bridgehead atoms. The van der Waals surface area contributed by atoms with Crippen LogP contribution in [0.1, 0.15) is 39.5 Å². The lowest BCUT2D eigenvalue weighted by Gasteiger charge is -2.19. The molecular formula is C10H18F4O. The number of ether oxygens (including phenoxy) is 1. The van der Waals surface area contributed by atoms with Crippen LogP contribution in [0.4, 0.5) is 17.6 Å². The van der Waals surface area contributed by atoms with Gasteiger partial charge in [-0.1, -0.05) is 26.7 Å². The van der Waals surface area contributed by atoms with Crippen molar-refractivity contribution in [1.82, 2.24) is 0 Å². The van der Waals surface area contributed by atoms with E-state index in [1.807, 2.05) is 0 Å². The van der Waals surface area contributed by atoms with Crippen LogP contribution in [-0.2, 0) is 4.74 Å². The number of hydrogen-bond acceptors (Lipinski definition) is 1. The SMILES string of the molecule is CCCC(F)(F)COCC(F)(F)CCC. The summed E-state index contributed by atoms with van der Waals surface area (Å²) in [6, 6.07) is 0. The lowest BCUT2D eigenvalue weighted by Crippen LogP contribution is -2.29. The number of hydrogen-bond donors (Lipinski definition) is 0. The van der Waals surface area contributed by atoms with E-state index in [2.05, 4.69) is 4.74 Å². The highest BCUT2D eigenvalue weighted by Gasteiger charge is 2.32. The molecule has 0 fully saturated rings. The standard InChI is InChI=1S/C10H18F4O/c1-3-5-9(11,12)7-15-8-10(13,14)6-4-2/h3-8H2,1-2H3. The molecule has 0 aromatic heterocycles. The van der Waals surface area contributed by atoms with E-state index < -0.39 is 25.1 Å². The van der Waals surface area contributed by atoms with Crippen molar-refractivity contribution in [2.24, 2.45) is 0 Å². The summed E-state index contributed by atoms with van der Waals surface area (Å²) in [7, 11) is 0. The van der Waals surface area contributed by atoms with E-state index in [1.165, 1.54) is 0 Å². The summed E-state index contributed by atoms with van der Waals surface area (Å²) < 4.78 is 55.6.